The van der Waals surface area contributed by atoms with Gasteiger partial charge in [0.2, 0.25) is 0 Å². The number of rotatable bonds is 3. The minimum Gasteiger partial charge on any atom is -0.353 e. The van der Waals surface area contributed by atoms with Crippen LogP contribution < -0.4 is 10.6 Å². The average Bonchev–Trinajstić information content (AvgIpc) is 2.98. The molecule has 0 bridgehead atoms. The Morgan fingerprint density at radius 3 is 2.45 bits per heavy atom. The maximum absolute atomic E-state index is 6.43. The topological polar surface area (TPSA) is 37.0 Å². The van der Waals surface area contributed by atoms with Crippen LogP contribution in [0.15, 0.2) is 48.8 Å². The zero-order valence-corrected chi connectivity index (χ0v) is 13.8. The van der Waals surface area contributed by atoms with E-state index in [0.29, 0.717) is 5.11 Å². The maximum Gasteiger partial charge on any atom is 0.171 e. The van der Waals surface area contributed by atoms with Crippen molar-refractivity contribution in [2.75, 3.05) is 5.32 Å². The number of aromatic nitrogens is 1. The fourth-order valence-electron chi connectivity index (χ4n) is 3.10. The zero-order valence-electron chi connectivity index (χ0n) is 12.2. The third-order valence-electron chi connectivity index (χ3n) is 4.14. The van der Waals surface area contributed by atoms with Crippen molar-refractivity contribution in [3.05, 3.63) is 59.4 Å². The van der Waals surface area contributed by atoms with E-state index in [9.17, 15) is 0 Å². The molecule has 2 aromatic rings. The van der Waals surface area contributed by atoms with Crippen LogP contribution in [0.25, 0.3) is 0 Å². The molecule has 0 atom stereocenters. The van der Waals surface area contributed by atoms with Gasteiger partial charge in [-0.2, -0.15) is 0 Å². The number of nitrogens with one attached hydrogen (secondary N) is 2. The van der Waals surface area contributed by atoms with Crippen LogP contribution in [0.5, 0.6) is 0 Å². The van der Waals surface area contributed by atoms with Gasteiger partial charge >= 0.3 is 0 Å². The Labute approximate surface area is 141 Å². The molecule has 1 saturated carbocycles. The standard InChI is InChI=1S/C17H18ClN3S/c18-15-6-2-1-5-14(15)17(9-3-4-10-17)21-16(22)20-13-7-11-19-12-8-13/h1-2,5-8,11-12H,3-4,9-10H2,(H2,19,20,21,22). The molecule has 0 unspecified atom stereocenters. The number of anilines is 1. The molecule has 0 radical (unpaired) electrons. The van der Waals surface area contributed by atoms with E-state index in [1.807, 2.05) is 30.3 Å². The van der Waals surface area contributed by atoms with Gasteiger partial charge in [-0.1, -0.05) is 42.6 Å². The van der Waals surface area contributed by atoms with Gasteiger partial charge in [0, 0.05) is 23.1 Å². The van der Waals surface area contributed by atoms with Gasteiger partial charge in [0.1, 0.15) is 0 Å². The van der Waals surface area contributed by atoms with E-state index in [4.69, 9.17) is 23.8 Å². The average molecular weight is 332 g/mol. The van der Waals surface area contributed by atoms with Crippen LogP contribution in [0.2, 0.25) is 5.02 Å². The first-order chi connectivity index (χ1) is 10.7. The first-order valence-corrected chi connectivity index (χ1v) is 8.22. The van der Waals surface area contributed by atoms with Crippen molar-refractivity contribution in [1.29, 1.82) is 0 Å². The fourth-order valence-corrected chi connectivity index (χ4v) is 3.73. The molecule has 114 valence electrons. The molecular weight excluding hydrogens is 314 g/mol. The molecular formula is C17H18ClN3S. The summed E-state index contributed by atoms with van der Waals surface area (Å²) in [7, 11) is 0. The SMILES string of the molecule is S=C(Nc1ccncc1)NC1(c2ccccc2Cl)CCCC1. The van der Waals surface area contributed by atoms with E-state index in [-0.39, 0.29) is 5.54 Å². The molecule has 5 heteroatoms. The largest absolute Gasteiger partial charge is 0.353 e. The van der Waals surface area contributed by atoms with E-state index in [0.717, 1.165) is 29.1 Å². The van der Waals surface area contributed by atoms with Crippen molar-refractivity contribution in [1.82, 2.24) is 10.3 Å². The van der Waals surface area contributed by atoms with Crippen LogP contribution in [0, 0.1) is 0 Å². The lowest BCUT2D eigenvalue weighted by Gasteiger charge is -2.33. The summed E-state index contributed by atoms with van der Waals surface area (Å²) in [4.78, 5) is 4.01. The summed E-state index contributed by atoms with van der Waals surface area (Å²) >= 11 is 11.9. The van der Waals surface area contributed by atoms with Crippen LogP contribution >= 0.6 is 23.8 Å². The van der Waals surface area contributed by atoms with Crippen LogP contribution in [0.1, 0.15) is 31.2 Å². The number of pyridine rings is 1. The van der Waals surface area contributed by atoms with Gasteiger partial charge in [0.05, 0.1) is 5.54 Å². The van der Waals surface area contributed by atoms with Gasteiger partial charge in [0.15, 0.2) is 5.11 Å². The lowest BCUT2D eigenvalue weighted by atomic mass is 9.88. The van der Waals surface area contributed by atoms with Crippen molar-refractivity contribution < 1.29 is 0 Å². The number of thiocarbonyl (C=S) groups is 1. The lowest BCUT2D eigenvalue weighted by molar-refractivity contribution is 0.408. The highest BCUT2D eigenvalue weighted by atomic mass is 35.5. The summed E-state index contributed by atoms with van der Waals surface area (Å²) in [5.74, 6) is 0. The number of benzene rings is 1. The first-order valence-electron chi connectivity index (χ1n) is 7.44. The van der Waals surface area contributed by atoms with Crippen molar-refractivity contribution in [2.24, 2.45) is 0 Å². The van der Waals surface area contributed by atoms with Gasteiger partial charge in [-0.3, -0.25) is 4.98 Å². The second-order valence-electron chi connectivity index (χ2n) is 5.58. The smallest absolute Gasteiger partial charge is 0.171 e. The number of hydrogen-bond acceptors (Lipinski definition) is 2. The summed E-state index contributed by atoms with van der Waals surface area (Å²) < 4.78 is 0. The Kier molecular flexibility index (Phi) is 4.60. The highest BCUT2D eigenvalue weighted by Crippen LogP contribution is 2.41. The van der Waals surface area contributed by atoms with E-state index < -0.39 is 0 Å². The molecule has 0 saturated heterocycles. The third kappa shape index (κ3) is 3.23. The number of hydrogen-bond donors (Lipinski definition) is 2. The summed E-state index contributed by atoms with van der Waals surface area (Å²) in [5, 5.41) is 8.15. The first kappa shape index (κ1) is 15.3. The number of nitrogens with zero attached hydrogens (tertiary/aromatic N) is 1. The van der Waals surface area contributed by atoms with Crippen LogP contribution in [-0.4, -0.2) is 10.1 Å². The van der Waals surface area contributed by atoms with Crippen molar-refractivity contribution in [3.8, 4) is 0 Å². The molecule has 1 aromatic heterocycles. The van der Waals surface area contributed by atoms with Gasteiger partial charge in [-0.15, -0.1) is 0 Å². The van der Waals surface area contributed by atoms with Crippen molar-refractivity contribution in [2.45, 2.75) is 31.2 Å². The summed E-state index contributed by atoms with van der Waals surface area (Å²) in [6.45, 7) is 0. The second-order valence-corrected chi connectivity index (χ2v) is 6.40. The summed E-state index contributed by atoms with van der Waals surface area (Å²) in [5.41, 5.74) is 1.89. The van der Waals surface area contributed by atoms with Crippen LogP contribution in [-0.2, 0) is 5.54 Å². The van der Waals surface area contributed by atoms with Crippen LogP contribution in [0.4, 0.5) is 5.69 Å². The maximum atomic E-state index is 6.43. The Morgan fingerprint density at radius 1 is 1.09 bits per heavy atom. The highest BCUT2D eigenvalue weighted by molar-refractivity contribution is 7.80. The van der Waals surface area contributed by atoms with Gasteiger partial charge in [-0.25, -0.2) is 0 Å². The molecule has 1 fully saturated rings. The Morgan fingerprint density at radius 2 is 1.77 bits per heavy atom. The molecule has 1 heterocycles. The summed E-state index contributed by atoms with van der Waals surface area (Å²) in [6, 6.07) is 11.8. The molecule has 0 spiro atoms. The van der Waals surface area contributed by atoms with Crippen molar-refractivity contribution in [3.63, 3.8) is 0 Å². The van der Waals surface area contributed by atoms with Crippen molar-refractivity contribution >= 4 is 34.6 Å². The fraction of sp³-hybridized carbons (Fsp3) is 0.294. The van der Waals surface area contributed by atoms with E-state index in [1.165, 1.54) is 12.8 Å². The molecule has 2 N–H and O–H groups in total. The number of halogens is 1. The molecule has 22 heavy (non-hydrogen) atoms. The Hall–Kier alpha value is -1.65. The van der Waals surface area contributed by atoms with E-state index in [1.54, 1.807) is 12.4 Å². The predicted molar refractivity (Wildman–Crippen MR) is 95.2 cm³/mol. The van der Waals surface area contributed by atoms with E-state index in [2.05, 4.69) is 21.7 Å². The van der Waals surface area contributed by atoms with Crippen LogP contribution in [0.3, 0.4) is 0 Å². The molecule has 0 aliphatic heterocycles. The molecule has 1 aliphatic carbocycles. The lowest BCUT2D eigenvalue weighted by Crippen LogP contribution is -2.45. The highest BCUT2D eigenvalue weighted by Gasteiger charge is 2.37. The minimum atomic E-state index is -0.171. The Bertz CT molecular complexity index is 654. The third-order valence-corrected chi connectivity index (χ3v) is 4.67. The van der Waals surface area contributed by atoms with Gasteiger partial charge in [0.25, 0.3) is 0 Å². The predicted octanol–water partition coefficient (Wildman–Crippen LogP) is 4.49. The summed E-state index contributed by atoms with van der Waals surface area (Å²) in [6.07, 6.45) is 7.91. The van der Waals surface area contributed by atoms with Gasteiger partial charge < -0.3 is 10.6 Å². The van der Waals surface area contributed by atoms with E-state index >= 15 is 0 Å². The molecule has 3 nitrogen and oxygen atoms in total. The molecule has 1 aliphatic rings. The second kappa shape index (κ2) is 6.63. The molecule has 1 aromatic carbocycles. The monoisotopic (exact) mass is 331 g/mol. The minimum absolute atomic E-state index is 0.171. The molecule has 0 amide bonds. The normalized spacial score (nSPS) is 16.2. The molecule has 3 rings (SSSR count). The quantitative estimate of drug-likeness (QED) is 0.812. The zero-order chi connectivity index (χ0) is 15.4. The Balaban J connectivity index is 1.80. The van der Waals surface area contributed by atoms with Gasteiger partial charge in [-0.05, 0) is 48.8 Å².